The second-order valence-corrected chi connectivity index (χ2v) is 3.95. The summed E-state index contributed by atoms with van der Waals surface area (Å²) in [5.41, 5.74) is 1.83. The van der Waals surface area contributed by atoms with E-state index in [9.17, 15) is 4.79 Å². The largest absolute Gasteiger partial charge is 0.493 e. The highest BCUT2D eigenvalue weighted by Crippen LogP contribution is 2.27. The second kappa shape index (κ2) is 5.04. The van der Waals surface area contributed by atoms with Crippen LogP contribution in [0.15, 0.2) is 24.3 Å². The van der Waals surface area contributed by atoms with Gasteiger partial charge in [0.05, 0.1) is 12.1 Å². The van der Waals surface area contributed by atoms with Gasteiger partial charge < -0.3 is 9.84 Å². The van der Waals surface area contributed by atoms with Gasteiger partial charge in [0.25, 0.3) is 0 Å². The van der Waals surface area contributed by atoms with E-state index in [0.29, 0.717) is 17.9 Å². The Bertz CT molecular complexity index is 593. The Morgan fingerprint density at radius 3 is 2.72 bits per heavy atom. The third-order valence-corrected chi connectivity index (χ3v) is 2.76. The number of carboxylic acids is 1. The minimum absolute atomic E-state index is 0.00944. The first-order valence-corrected chi connectivity index (χ1v) is 5.95. The highest BCUT2D eigenvalue weighted by molar-refractivity contribution is 5.93. The van der Waals surface area contributed by atoms with Crippen molar-refractivity contribution < 1.29 is 14.6 Å². The predicted octanol–water partition coefficient (Wildman–Crippen LogP) is 2.89. The fraction of sp³-hybridized carbons (Fsp3) is 0.286. The maximum Gasteiger partial charge on any atom is 0.354 e. The molecule has 94 valence electrons. The van der Waals surface area contributed by atoms with Crippen molar-refractivity contribution in [3.63, 3.8) is 0 Å². The molecule has 2 aromatic rings. The van der Waals surface area contributed by atoms with Gasteiger partial charge in [0.15, 0.2) is 5.69 Å². The number of carbonyl (C=O) groups is 1. The number of fused-ring (bicyclic) bond motifs is 1. The van der Waals surface area contributed by atoms with E-state index in [1.54, 1.807) is 0 Å². The quantitative estimate of drug-likeness (QED) is 0.899. The molecule has 0 aliphatic carbocycles. The molecule has 0 amide bonds. The average Bonchev–Trinajstić information content (AvgIpc) is 2.38. The Kier molecular flexibility index (Phi) is 3.46. The van der Waals surface area contributed by atoms with Crippen LogP contribution < -0.4 is 4.74 Å². The van der Waals surface area contributed by atoms with Gasteiger partial charge >= 0.3 is 5.97 Å². The summed E-state index contributed by atoms with van der Waals surface area (Å²) in [6.07, 6.45) is 0.919. The SMILES string of the molecule is CCOc1cc(C(=O)O)nc2ccc(CC)cc12. The van der Waals surface area contributed by atoms with Crippen molar-refractivity contribution in [2.45, 2.75) is 20.3 Å². The van der Waals surface area contributed by atoms with Crippen molar-refractivity contribution in [3.8, 4) is 5.75 Å². The summed E-state index contributed by atoms with van der Waals surface area (Å²) in [5.74, 6) is -0.465. The van der Waals surface area contributed by atoms with Gasteiger partial charge in [-0.3, -0.25) is 0 Å². The smallest absolute Gasteiger partial charge is 0.354 e. The molecule has 0 bridgehead atoms. The second-order valence-electron chi connectivity index (χ2n) is 3.95. The zero-order valence-electron chi connectivity index (χ0n) is 10.4. The monoisotopic (exact) mass is 245 g/mol. The van der Waals surface area contributed by atoms with Crippen molar-refractivity contribution in [1.82, 2.24) is 4.98 Å². The summed E-state index contributed by atoms with van der Waals surface area (Å²) >= 11 is 0. The van der Waals surface area contributed by atoms with E-state index in [-0.39, 0.29) is 5.69 Å². The number of aromatic carboxylic acids is 1. The van der Waals surface area contributed by atoms with Gasteiger partial charge in [0.2, 0.25) is 0 Å². The van der Waals surface area contributed by atoms with Gasteiger partial charge in [-0.25, -0.2) is 9.78 Å². The van der Waals surface area contributed by atoms with Crippen LogP contribution in [0.2, 0.25) is 0 Å². The van der Waals surface area contributed by atoms with E-state index in [2.05, 4.69) is 11.9 Å². The van der Waals surface area contributed by atoms with E-state index in [1.807, 2.05) is 25.1 Å². The molecule has 2 rings (SSSR count). The number of hydrogen-bond donors (Lipinski definition) is 1. The third-order valence-electron chi connectivity index (χ3n) is 2.76. The fourth-order valence-corrected chi connectivity index (χ4v) is 1.85. The molecular formula is C14H15NO3. The molecule has 0 radical (unpaired) electrons. The van der Waals surface area contributed by atoms with Crippen molar-refractivity contribution in [3.05, 3.63) is 35.5 Å². The molecule has 4 nitrogen and oxygen atoms in total. The average molecular weight is 245 g/mol. The number of aromatic nitrogens is 1. The van der Waals surface area contributed by atoms with Crippen LogP contribution in [-0.2, 0) is 6.42 Å². The summed E-state index contributed by atoms with van der Waals surface area (Å²) in [6.45, 7) is 4.44. The molecule has 0 spiro atoms. The molecule has 1 aromatic heterocycles. The first kappa shape index (κ1) is 12.4. The highest BCUT2D eigenvalue weighted by atomic mass is 16.5. The van der Waals surface area contributed by atoms with Crippen LogP contribution in [0.25, 0.3) is 10.9 Å². The lowest BCUT2D eigenvalue weighted by Gasteiger charge is -2.09. The summed E-state index contributed by atoms with van der Waals surface area (Å²) in [7, 11) is 0. The molecule has 0 aliphatic heterocycles. The number of hydrogen-bond acceptors (Lipinski definition) is 3. The molecule has 0 saturated carbocycles. The van der Waals surface area contributed by atoms with Crippen LogP contribution in [0, 0.1) is 0 Å². The number of pyridine rings is 1. The Morgan fingerprint density at radius 1 is 1.33 bits per heavy atom. The van der Waals surface area contributed by atoms with Crippen LogP contribution in [0.4, 0.5) is 0 Å². The number of ether oxygens (including phenoxy) is 1. The highest BCUT2D eigenvalue weighted by Gasteiger charge is 2.11. The van der Waals surface area contributed by atoms with Crippen molar-refractivity contribution >= 4 is 16.9 Å². The molecule has 0 atom stereocenters. The van der Waals surface area contributed by atoms with Crippen molar-refractivity contribution in [2.24, 2.45) is 0 Å². The van der Waals surface area contributed by atoms with Gasteiger partial charge in [-0.2, -0.15) is 0 Å². The first-order chi connectivity index (χ1) is 8.65. The summed E-state index contributed by atoms with van der Waals surface area (Å²) < 4.78 is 5.51. The van der Waals surface area contributed by atoms with Crippen LogP contribution in [-0.4, -0.2) is 22.7 Å². The molecule has 1 aromatic carbocycles. The van der Waals surface area contributed by atoms with Gasteiger partial charge in [-0.05, 0) is 31.0 Å². The molecule has 4 heteroatoms. The zero-order valence-corrected chi connectivity index (χ0v) is 10.4. The lowest BCUT2D eigenvalue weighted by atomic mass is 10.1. The fourth-order valence-electron chi connectivity index (χ4n) is 1.85. The molecule has 0 fully saturated rings. The Morgan fingerprint density at radius 2 is 2.11 bits per heavy atom. The Hall–Kier alpha value is -2.10. The molecule has 0 aliphatic rings. The number of rotatable bonds is 4. The molecule has 1 heterocycles. The minimum Gasteiger partial charge on any atom is -0.493 e. The topological polar surface area (TPSA) is 59.4 Å². The predicted molar refractivity (Wildman–Crippen MR) is 69.2 cm³/mol. The van der Waals surface area contributed by atoms with Gasteiger partial charge in [0.1, 0.15) is 5.75 Å². The lowest BCUT2D eigenvalue weighted by Crippen LogP contribution is -2.03. The van der Waals surface area contributed by atoms with E-state index >= 15 is 0 Å². The van der Waals surface area contributed by atoms with Crippen LogP contribution in [0.1, 0.15) is 29.9 Å². The van der Waals surface area contributed by atoms with Crippen LogP contribution in [0.3, 0.4) is 0 Å². The maximum absolute atomic E-state index is 11.0. The molecule has 1 N–H and O–H groups in total. The maximum atomic E-state index is 11.0. The third kappa shape index (κ3) is 2.27. The molecule has 0 saturated heterocycles. The van der Waals surface area contributed by atoms with E-state index in [4.69, 9.17) is 9.84 Å². The first-order valence-electron chi connectivity index (χ1n) is 5.95. The van der Waals surface area contributed by atoms with Crippen molar-refractivity contribution in [1.29, 1.82) is 0 Å². The zero-order chi connectivity index (χ0) is 13.1. The van der Waals surface area contributed by atoms with Crippen molar-refractivity contribution in [2.75, 3.05) is 6.61 Å². The van der Waals surface area contributed by atoms with Gasteiger partial charge in [-0.15, -0.1) is 0 Å². The number of aryl methyl sites for hydroxylation is 1. The summed E-state index contributed by atoms with van der Waals surface area (Å²) in [4.78, 5) is 15.1. The number of nitrogens with zero attached hydrogens (tertiary/aromatic N) is 1. The Labute approximate surface area is 105 Å². The minimum atomic E-state index is -1.04. The normalized spacial score (nSPS) is 10.6. The van der Waals surface area contributed by atoms with E-state index < -0.39 is 5.97 Å². The van der Waals surface area contributed by atoms with Crippen LogP contribution >= 0.6 is 0 Å². The molecular weight excluding hydrogens is 230 g/mol. The standard InChI is InChI=1S/C14H15NO3/c1-3-9-5-6-11-10(7-9)13(18-4-2)8-12(15-11)14(16)17/h5-8H,3-4H2,1-2H3,(H,16,17). The van der Waals surface area contributed by atoms with Gasteiger partial charge in [-0.1, -0.05) is 13.0 Å². The molecule has 18 heavy (non-hydrogen) atoms. The summed E-state index contributed by atoms with van der Waals surface area (Å²) in [5, 5.41) is 9.88. The van der Waals surface area contributed by atoms with Gasteiger partial charge in [0, 0.05) is 11.5 Å². The Balaban J connectivity index is 2.68. The van der Waals surface area contributed by atoms with E-state index in [1.165, 1.54) is 11.6 Å². The number of benzene rings is 1. The molecule has 0 unspecified atom stereocenters. The lowest BCUT2D eigenvalue weighted by molar-refractivity contribution is 0.0690. The number of carboxylic acid groups (broad SMARTS) is 1. The van der Waals surface area contributed by atoms with E-state index in [0.717, 1.165) is 11.8 Å². The summed E-state index contributed by atoms with van der Waals surface area (Å²) in [6, 6.07) is 7.27. The van der Waals surface area contributed by atoms with Crippen LogP contribution in [0.5, 0.6) is 5.75 Å².